The van der Waals surface area contributed by atoms with Crippen LogP contribution in [0.25, 0.3) is 0 Å². The minimum atomic E-state index is 0. The van der Waals surface area contributed by atoms with Crippen molar-refractivity contribution in [2.45, 2.75) is 0 Å². The van der Waals surface area contributed by atoms with Crippen molar-refractivity contribution in [3.63, 3.8) is 0 Å². The molecular formula is O9Tm2. The molecule has 0 spiro atoms. The van der Waals surface area contributed by atoms with E-state index in [1.165, 1.54) is 0 Å². The Morgan fingerprint density at radius 3 is 0.455 bits per heavy atom. The third-order valence-corrected chi connectivity index (χ3v) is 0. The Bertz CT molecular complexity index is 12.3. The molecule has 0 heterocycles. The Labute approximate surface area is 119 Å². The van der Waals surface area contributed by atoms with Crippen LogP contribution in [0.5, 0.6) is 0 Å². The summed E-state index contributed by atoms with van der Waals surface area (Å²) in [5.74, 6) is 0. The molecule has 0 aromatic rings. The van der Waals surface area contributed by atoms with E-state index < -0.39 is 0 Å². The fourth-order valence-electron chi connectivity index (χ4n) is 0. The second kappa shape index (κ2) is 57.3. The maximum Gasteiger partial charge on any atom is 3.00 e. The van der Waals surface area contributed by atoms with Crippen LogP contribution in [0.3, 0.4) is 0 Å². The van der Waals surface area contributed by atoms with Crippen molar-refractivity contribution in [3.05, 3.63) is 0 Å². The second-order valence-corrected chi connectivity index (χ2v) is 0.204. The summed E-state index contributed by atoms with van der Waals surface area (Å²) >= 11 is 0. The Kier molecular flexibility index (Phi) is 152. The van der Waals surface area contributed by atoms with E-state index in [0.717, 1.165) is 0 Å². The van der Waals surface area contributed by atoms with Crippen molar-refractivity contribution >= 4 is 0 Å². The first-order valence-corrected chi connectivity index (χ1v) is 1.00. The summed E-state index contributed by atoms with van der Waals surface area (Å²) in [6.07, 6.45) is 0. The van der Waals surface area contributed by atoms with Gasteiger partial charge in [-0.2, -0.15) is 0 Å². The first-order valence-electron chi connectivity index (χ1n) is 1.00. The van der Waals surface area contributed by atoms with Crippen LogP contribution in [0.15, 0.2) is 0 Å². The van der Waals surface area contributed by atoms with E-state index in [1.54, 1.807) is 15.1 Å². The first-order chi connectivity index (χ1) is 4.24. The average Bonchev–Trinajstić information content (AvgIpc) is 1.70. The van der Waals surface area contributed by atoms with Gasteiger partial charge in [0.1, 0.15) is 0 Å². The van der Waals surface area contributed by atoms with Gasteiger partial charge in [0.15, 0.2) is 0 Å². The third kappa shape index (κ3) is 278. The SMILES string of the molecule is [O-]O[O-].[O-]O[O-].[O-]O[O-].[Tm+3].[Tm+3]. The number of hydrogen-bond donors (Lipinski definition) is 0. The van der Waals surface area contributed by atoms with Gasteiger partial charge < -0.3 is 46.7 Å². The molecule has 9 nitrogen and oxygen atoms in total. The Morgan fingerprint density at radius 2 is 0.455 bits per heavy atom. The number of hydrogen-bond acceptors (Lipinski definition) is 9. The molecule has 0 amide bonds. The molecule has 80 valence electrons. The van der Waals surface area contributed by atoms with Gasteiger partial charge in [0, 0.05) is 0 Å². The van der Waals surface area contributed by atoms with Crippen LogP contribution in [0.4, 0.5) is 0 Å². The maximum atomic E-state index is 7.88. The van der Waals surface area contributed by atoms with E-state index in [0.29, 0.717) is 0 Å². The van der Waals surface area contributed by atoms with E-state index in [9.17, 15) is 0 Å². The normalized spacial score (nSPS) is 4.91. The van der Waals surface area contributed by atoms with Crippen LogP contribution in [-0.4, -0.2) is 0 Å². The summed E-state index contributed by atoms with van der Waals surface area (Å²) < 4.78 is 0. The van der Waals surface area contributed by atoms with Crippen molar-refractivity contribution in [1.29, 1.82) is 0 Å². The molecule has 0 aliphatic rings. The van der Waals surface area contributed by atoms with Crippen molar-refractivity contribution in [2.24, 2.45) is 0 Å². The van der Waals surface area contributed by atoms with Crippen LogP contribution in [0.1, 0.15) is 0 Å². The molecule has 0 radical (unpaired) electrons. The van der Waals surface area contributed by atoms with Crippen LogP contribution in [0, 0.1) is 73.7 Å². The first kappa shape index (κ1) is 29.2. The molecular weight excluding hydrogens is 482 g/mol. The van der Waals surface area contributed by atoms with Crippen LogP contribution in [0.2, 0.25) is 0 Å². The molecule has 0 N–H and O–H groups in total. The van der Waals surface area contributed by atoms with E-state index >= 15 is 0 Å². The molecule has 0 aromatic heterocycles. The molecule has 0 aliphatic carbocycles. The monoisotopic (exact) mass is 482 g/mol. The third-order valence-electron chi connectivity index (χ3n) is 0. The predicted molar refractivity (Wildman–Crippen MR) is 3.25 cm³/mol. The average molecular weight is 482 g/mol. The van der Waals surface area contributed by atoms with Gasteiger partial charge in [0.2, 0.25) is 0 Å². The molecule has 0 aromatic carbocycles. The maximum absolute atomic E-state index is 7.88. The summed E-state index contributed by atoms with van der Waals surface area (Å²) in [5, 5.41) is 52.5. The Balaban J connectivity index is -0.0000000150. The molecule has 0 bridgehead atoms. The van der Waals surface area contributed by atoms with Crippen molar-refractivity contribution in [2.75, 3.05) is 0 Å². The minimum absolute atomic E-state index is 0. The van der Waals surface area contributed by atoms with Gasteiger partial charge in [-0.25, -0.2) is 0 Å². The largest absolute Gasteiger partial charge is 3.00 e. The predicted octanol–water partition coefficient (Wildman–Crippen LogP) is -7.34. The summed E-state index contributed by atoms with van der Waals surface area (Å²) in [6, 6.07) is 0. The smallest absolute Gasteiger partial charge is 0.734 e. The molecule has 0 aliphatic heterocycles. The van der Waals surface area contributed by atoms with Crippen molar-refractivity contribution < 1.29 is 120 Å². The summed E-state index contributed by atoms with van der Waals surface area (Å²) in [7, 11) is 0. The fourth-order valence-corrected chi connectivity index (χ4v) is 0. The summed E-state index contributed by atoms with van der Waals surface area (Å²) in [5.41, 5.74) is 0. The molecule has 0 unspecified atom stereocenters. The van der Waals surface area contributed by atoms with Crippen molar-refractivity contribution in [3.8, 4) is 0 Å². The summed E-state index contributed by atoms with van der Waals surface area (Å²) in [4.78, 5) is 0. The van der Waals surface area contributed by atoms with E-state index in [2.05, 4.69) is 0 Å². The standard InChI is InChI=1S/3H2O3.2Tm/c3*1-3-2;;/h3*1-2H;;/q;;;2*+3/p-6. The minimum Gasteiger partial charge on any atom is -0.734 e. The molecule has 0 rings (SSSR count). The van der Waals surface area contributed by atoms with Gasteiger partial charge in [0.05, 0.1) is 0 Å². The van der Waals surface area contributed by atoms with Gasteiger partial charge in [-0.15, -0.1) is 0 Å². The van der Waals surface area contributed by atoms with Gasteiger partial charge in [-0.05, 0) is 0 Å². The Hall–Kier alpha value is 2.11. The van der Waals surface area contributed by atoms with Gasteiger partial charge in [0.25, 0.3) is 0 Å². The molecule has 0 atom stereocenters. The zero-order chi connectivity index (χ0) is 8.12. The van der Waals surface area contributed by atoms with Gasteiger partial charge in [-0.1, -0.05) is 0 Å². The number of rotatable bonds is 0. The molecule has 11 heteroatoms. The van der Waals surface area contributed by atoms with Crippen LogP contribution < -0.4 is 31.5 Å². The molecule has 0 saturated carbocycles. The molecule has 0 saturated heterocycles. The van der Waals surface area contributed by atoms with E-state index in [4.69, 9.17) is 31.5 Å². The van der Waals surface area contributed by atoms with Crippen molar-refractivity contribution in [1.82, 2.24) is 0 Å². The zero-order valence-electron chi connectivity index (χ0n) is 4.23. The van der Waals surface area contributed by atoms with Gasteiger partial charge >= 0.3 is 73.7 Å². The zero-order valence-corrected chi connectivity index (χ0v) is 7.79. The summed E-state index contributed by atoms with van der Waals surface area (Å²) in [6.45, 7) is 0. The second-order valence-electron chi connectivity index (χ2n) is 0.204. The van der Waals surface area contributed by atoms with Gasteiger partial charge in [-0.3, -0.25) is 0 Å². The quantitative estimate of drug-likeness (QED) is 0.241. The Morgan fingerprint density at radius 1 is 0.455 bits per heavy atom. The fraction of sp³-hybridized carbons (Fsp3) is 0. The topological polar surface area (TPSA) is 166 Å². The van der Waals surface area contributed by atoms with Crippen LogP contribution >= 0.6 is 0 Å². The van der Waals surface area contributed by atoms with E-state index in [-0.39, 0.29) is 73.7 Å². The van der Waals surface area contributed by atoms with E-state index in [1.807, 2.05) is 0 Å². The van der Waals surface area contributed by atoms with Crippen LogP contribution in [-0.2, 0) is 15.1 Å². The molecule has 0 fully saturated rings. The molecule has 11 heavy (non-hydrogen) atoms.